The van der Waals surface area contributed by atoms with Gasteiger partial charge in [0.05, 0.1) is 11.4 Å². The Morgan fingerprint density at radius 3 is 2.83 bits per heavy atom. The molecule has 1 atom stereocenters. The van der Waals surface area contributed by atoms with Crippen LogP contribution in [-0.2, 0) is 16.6 Å². The van der Waals surface area contributed by atoms with Crippen LogP contribution in [0.1, 0.15) is 32.3 Å². The molecule has 1 saturated heterocycles. The predicted molar refractivity (Wildman–Crippen MR) is 101 cm³/mol. The Hall–Kier alpha value is -1.25. The van der Waals surface area contributed by atoms with Crippen molar-refractivity contribution in [2.45, 2.75) is 42.9 Å². The van der Waals surface area contributed by atoms with Crippen molar-refractivity contribution >= 4 is 27.7 Å². The van der Waals surface area contributed by atoms with E-state index in [1.807, 2.05) is 24.8 Å². The number of hydrogen-bond donors (Lipinski definition) is 3. The van der Waals surface area contributed by atoms with Crippen LogP contribution in [0, 0.1) is 0 Å². The zero-order valence-electron chi connectivity index (χ0n) is 14.2. The fourth-order valence-electron chi connectivity index (χ4n) is 2.58. The van der Waals surface area contributed by atoms with E-state index in [2.05, 4.69) is 22.5 Å². The highest BCUT2D eigenvalue weighted by Crippen LogP contribution is 2.36. The summed E-state index contributed by atoms with van der Waals surface area (Å²) in [4.78, 5) is 4.66. The molecule has 0 amide bonds. The van der Waals surface area contributed by atoms with Crippen LogP contribution in [0.3, 0.4) is 0 Å². The summed E-state index contributed by atoms with van der Waals surface area (Å²) in [6.07, 6.45) is 2.47. The van der Waals surface area contributed by atoms with E-state index in [4.69, 9.17) is 5.14 Å². The van der Waals surface area contributed by atoms with Crippen LogP contribution in [0.2, 0.25) is 0 Å². The highest BCUT2D eigenvalue weighted by atomic mass is 32.2. The molecule has 0 saturated carbocycles. The number of nitrogens with one attached hydrogen (secondary N) is 2. The van der Waals surface area contributed by atoms with Gasteiger partial charge in [-0.3, -0.25) is 0 Å². The minimum Gasteiger partial charge on any atom is -0.357 e. The van der Waals surface area contributed by atoms with Crippen molar-refractivity contribution in [3.8, 4) is 0 Å². The number of nitrogens with two attached hydrogens (primary N) is 1. The minimum atomic E-state index is -3.69. The average Bonchev–Trinajstić information content (AvgIpc) is 2.97. The molecule has 0 bridgehead atoms. The fourth-order valence-corrected chi connectivity index (χ4v) is 4.41. The van der Waals surface area contributed by atoms with Crippen molar-refractivity contribution in [2.75, 3.05) is 18.8 Å². The van der Waals surface area contributed by atoms with Gasteiger partial charge in [0.1, 0.15) is 0 Å². The minimum absolute atomic E-state index is 0.114. The van der Waals surface area contributed by atoms with E-state index < -0.39 is 10.0 Å². The van der Waals surface area contributed by atoms with Crippen LogP contribution in [0.25, 0.3) is 0 Å². The Bertz CT molecular complexity index is 683. The van der Waals surface area contributed by atoms with E-state index >= 15 is 0 Å². The summed E-state index contributed by atoms with van der Waals surface area (Å²) in [6.45, 7) is 6.32. The maximum Gasteiger partial charge on any atom is 0.238 e. The summed E-state index contributed by atoms with van der Waals surface area (Å²) in [6, 6.07) is 6.58. The quantitative estimate of drug-likeness (QED) is 0.523. The summed E-state index contributed by atoms with van der Waals surface area (Å²) in [5.41, 5.74) is 0.806. The number of guanidine groups is 1. The average molecular weight is 371 g/mol. The molecule has 0 radical (unpaired) electrons. The lowest BCUT2D eigenvalue weighted by molar-refractivity contribution is 0.584. The lowest BCUT2D eigenvalue weighted by atomic mass is 10.1. The van der Waals surface area contributed by atoms with Gasteiger partial charge in [-0.2, -0.15) is 11.8 Å². The van der Waals surface area contributed by atoms with Gasteiger partial charge in [0.2, 0.25) is 10.0 Å². The van der Waals surface area contributed by atoms with Crippen molar-refractivity contribution in [2.24, 2.45) is 10.1 Å². The first-order chi connectivity index (χ1) is 11.3. The number of sulfonamides is 1. The molecule has 1 aromatic rings. The first-order valence-electron chi connectivity index (χ1n) is 8.10. The molecule has 1 fully saturated rings. The third kappa shape index (κ3) is 5.68. The van der Waals surface area contributed by atoms with Crippen LogP contribution in [0.5, 0.6) is 0 Å². The number of hydrogen-bond acceptors (Lipinski definition) is 4. The van der Waals surface area contributed by atoms with Gasteiger partial charge in [-0.05, 0) is 50.1 Å². The molecule has 0 aromatic heterocycles. The largest absolute Gasteiger partial charge is 0.357 e. The van der Waals surface area contributed by atoms with Crippen molar-refractivity contribution in [3.63, 3.8) is 0 Å². The maximum atomic E-state index is 11.4. The van der Waals surface area contributed by atoms with E-state index in [9.17, 15) is 8.42 Å². The number of aliphatic imine (C=N–C) groups is 1. The molecular weight excluding hydrogens is 344 g/mol. The Kier molecular flexibility index (Phi) is 6.54. The summed E-state index contributed by atoms with van der Waals surface area (Å²) in [7, 11) is -3.69. The van der Waals surface area contributed by atoms with Gasteiger partial charge in [-0.25, -0.2) is 18.5 Å². The van der Waals surface area contributed by atoms with Gasteiger partial charge < -0.3 is 10.6 Å². The molecule has 0 spiro atoms. The van der Waals surface area contributed by atoms with Crippen molar-refractivity contribution in [1.82, 2.24) is 10.6 Å². The third-order valence-corrected chi connectivity index (χ3v) is 6.37. The van der Waals surface area contributed by atoms with Gasteiger partial charge in [-0.1, -0.05) is 12.1 Å². The molecule has 1 unspecified atom stereocenters. The second-order valence-corrected chi connectivity index (χ2v) is 9.39. The second kappa shape index (κ2) is 8.22. The molecule has 0 aliphatic carbocycles. The lowest BCUT2D eigenvalue weighted by Gasteiger charge is -2.24. The summed E-state index contributed by atoms with van der Waals surface area (Å²) in [5, 5.41) is 11.8. The number of benzene rings is 1. The van der Waals surface area contributed by atoms with Gasteiger partial charge in [0.15, 0.2) is 5.96 Å². The molecular formula is C16H26N4O2S2. The van der Waals surface area contributed by atoms with Crippen molar-refractivity contribution < 1.29 is 8.42 Å². The van der Waals surface area contributed by atoms with Crippen LogP contribution in [-0.4, -0.2) is 38.0 Å². The number of primary sulfonamides is 1. The van der Waals surface area contributed by atoms with E-state index in [0.717, 1.165) is 24.6 Å². The fraction of sp³-hybridized carbons (Fsp3) is 0.562. The zero-order chi connectivity index (χ0) is 17.6. The van der Waals surface area contributed by atoms with Crippen LogP contribution in [0.15, 0.2) is 34.2 Å². The second-order valence-electron chi connectivity index (χ2n) is 6.14. The normalized spacial score (nSPS) is 21.7. The first kappa shape index (κ1) is 19.1. The molecule has 4 N–H and O–H groups in total. The van der Waals surface area contributed by atoms with Crippen LogP contribution in [0.4, 0.5) is 0 Å². The van der Waals surface area contributed by atoms with E-state index in [-0.39, 0.29) is 9.64 Å². The summed E-state index contributed by atoms with van der Waals surface area (Å²) >= 11 is 2.00. The standard InChI is InChI=1S/C16H26N4O2S2/c1-3-18-15(20-12-16(2)8-5-9-23-16)19-11-13-6-4-7-14(10-13)24(17,21)22/h4,6-7,10H,3,5,8-9,11-12H2,1-2H3,(H2,17,21,22)(H2,18,19,20). The smallest absolute Gasteiger partial charge is 0.238 e. The topological polar surface area (TPSA) is 96.6 Å². The van der Waals surface area contributed by atoms with Gasteiger partial charge in [-0.15, -0.1) is 0 Å². The van der Waals surface area contributed by atoms with Gasteiger partial charge in [0, 0.05) is 17.8 Å². The predicted octanol–water partition coefficient (Wildman–Crippen LogP) is 1.67. The first-order valence-corrected chi connectivity index (χ1v) is 10.6. The van der Waals surface area contributed by atoms with Crippen LogP contribution < -0.4 is 15.8 Å². The molecule has 24 heavy (non-hydrogen) atoms. The molecule has 1 aromatic carbocycles. The third-order valence-electron chi connectivity index (χ3n) is 3.92. The molecule has 1 heterocycles. The molecule has 8 heteroatoms. The molecule has 134 valence electrons. The monoisotopic (exact) mass is 370 g/mol. The Morgan fingerprint density at radius 2 is 2.21 bits per heavy atom. The SMILES string of the molecule is CCNC(=NCc1cccc(S(N)(=O)=O)c1)NCC1(C)CCCS1. The Balaban J connectivity index is 2.02. The number of thioether (sulfide) groups is 1. The summed E-state index contributed by atoms with van der Waals surface area (Å²) < 4.78 is 23.1. The molecule has 1 aliphatic rings. The number of nitrogens with zero attached hydrogens (tertiary/aromatic N) is 1. The Labute approximate surface area is 148 Å². The molecule has 2 rings (SSSR count). The van der Waals surface area contributed by atoms with Crippen molar-refractivity contribution in [3.05, 3.63) is 29.8 Å². The summed E-state index contributed by atoms with van der Waals surface area (Å²) in [5.74, 6) is 1.96. The van der Waals surface area contributed by atoms with E-state index in [0.29, 0.717) is 6.54 Å². The highest BCUT2D eigenvalue weighted by molar-refractivity contribution is 8.00. The highest BCUT2D eigenvalue weighted by Gasteiger charge is 2.29. The molecule has 1 aliphatic heterocycles. The number of rotatable bonds is 6. The van der Waals surface area contributed by atoms with E-state index in [1.54, 1.807) is 12.1 Å². The van der Waals surface area contributed by atoms with Crippen molar-refractivity contribution in [1.29, 1.82) is 0 Å². The van der Waals surface area contributed by atoms with Crippen LogP contribution >= 0.6 is 11.8 Å². The zero-order valence-corrected chi connectivity index (χ0v) is 15.8. The van der Waals surface area contributed by atoms with Gasteiger partial charge >= 0.3 is 0 Å². The van der Waals surface area contributed by atoms with E-state index in [1.165, 1.54) is 24.7 Å². The molecule has 6 nitrogen and oxygen atoms in total. The lowest BCUT2D eigenvalue weighted by Crippen LogP contribution is -2.43. The Morgan fingerprint density at radius 1 is 1.42 bits per heavy atom. The maximum absolute atomic E-state index is 11.4. The van der Waals surface area contributed by atoms with Gasteiger partial charge in [0.25, 0.3) is 0 Å².